The maximum Gasteiger partial charge on any atom is 1.00 e. The van der Waals surface area contributed by atoms with Gasteiger partial charge in [-0.15, -0.1) is 0 Å². The molecule has 0 amide bonds. The third kappa shape index (κ3) is 27.0. The van der Waals surface area contributed by atoms with Crippen molar-refractivity contribution in [3.63, 3.8) is 0 Å². The maximum absolute atomic E-state index is 10.3. The second-order valence-corrected chi connectivity index (χ2v) is 5.38. The van der Waals surface area contributed by atoms with Crippen LogP contribution in [0.1, 0.15) is 79.0 Å². The number of aliphatic hydroxyl groups excluding tert-OH is 2. The summed E-state index contributed by atoms with van der Waals surface area (Å²) in [5, 5.41) is 32.5. The van der Waals surface area contributed by atoms with Gasteiger partial charge >= 0.3 is 41.5 Å². The number of rotatable bonds is 13. The van der Waals surface area contributed by atoms with Crippen molar-refractivity contribution in [2.45, 2.75) is 83.7 Å². The van der Waals surface area contributed by atoms with Crippen molar-refractivity contribution in [2.75, 3.05) is 6.61 Å². The quantitative estimate of drug-likeness (QED) is 0.274. The molecule has 0 saturated carbocycles. The number of hydrogen-bond donors (Lipinski definition) is 4. The van der Waals surface area contributed by atoms with Crippen LogP contribution in [0.3, 0.4) is 0 Å². The van der Waals surface area contributed by atoms with Gasteiger partial charge in [0.1, 0.15) is 6.61 Å². The van der Waals surface area contributed by atoms with E-state index in [1.807, 2.05) is 0 Å². The van der Waals surface area contributed by atoms with Crippen LogP contribution in [0.5, 0.6) is 0 Å². The van der Waals surface area contributed by atoms with E-state index in [0.717, 1.165) is 12.8 Å². The van der Waals surface area contributed by atoms with Gasteiger partial charge in [-0.05, 0) is 6.42 Å². The molecule has 7 heteroatoms. The Hall–Kier alpha value is -0.140. The van der Waals surface area contributed by atoms with E-state index in [2.05, 4.69) is 6.92 Å². The van der Waals surface area contributed by atoms with Crippen LogP contribution in [0, 0.1) is 0 Å². The van der Waals surface area contributed by atoms with Gasteiger partial charge in [0.15, 0.2) is 6.10 Å². The fourth-order valence-electron chi connectivity index (χ4n) is 1.95. The third-order valence-electron chi connectivity index (χ3n) is 3.25. The van der Waals surface area contributed by atoms with Crippen LogP contribution in [0.2, 0.25) is 0 Å². The molecule has 6 nitrogen and oxygen atoms in total. The van der Waals surface area contributed by atoms with Gasteiger partial charge in [0, 0.05) is 0 Å². The van der Waals surface area contributed by atoms with Gasteiger partial charge in [0.05, 0.1) is 0 Å². The van der Waals surface area contributed by atoms with Crippen molar-refractivity contribution in [1.29, 1.82) is 0 Å². The summed E-state index contributed by atoms with van der Waals surface area (Å²) >= 11 is 0. The average Bonchev–Trinajstić information content (AvgIpc) is 2.49. The zero-order chi connectivity index (χ0) is 17.2. The summed E-state index contributed by atoms with van der Waals surface area (Å²) in [4.78, 5) is 19.5. The molecule has 0 aromatic heterocycles. The van der Waals surface area contributed by atoms with Crippen LogP contribution in [0.25, 0.3) is 0 Å². The smallest absolute Gasteiger partial charge is 1.00 e. The Morgan fingerprint density at radius 1 is 0.870 bits per heavy atom. The average molecular weight is 344 g/mol. The van der Waals surface area contributed by atoms with E-state index in [-0.39, 0.29) is 31.0 Å². The summed E-state index contributed by atoms with van der Waals surface area (Å²) < 4.78 is 0. The zero-order valence-corrected chi connectivity index (χ0v) is 16.7. The Labute approximate surface area is 163 Å². The van der Waals surface area contributed by atoms with E-state index in [9.17, 15) is 4.79 Å². The predicted molar refractivity (Wildman–Crippen MR) is 85.9 cm³/mol. The first-order valence-corrected chi connectivity index (χ1v) is 8.19. The molecule has 23 heavy (non-hydrogen) atoms. The van der Waals surface area contributed by atoms with Crippen molar-refractivity contribution in [3.8, 4) is 0 Å². The maximum atomic E-state index is 10.3. The van der Waals surface area contributed by atoms with Gasteiger partial charge < -0.3 is 21.9 Å². The summed E-state index contributed by atoms with van der Waals surface area (Å²) in [6, 6.07) is 0. The molecule has 0 spiro atoms. The Morgan fingerprint density at radius 2 is 1.22 bits per heavy atom. The van der Waals surface area contributed by atoms with Crippen LogP contribution in [-0.4, -0.2) is 45.1 Å². The van der Waals surface area contributed by atoms with Crippen molar-refractivity contribution in [3.05, 3.63) is 0 Å². The number of hydrogen-bond acceptors (Lipinski definition) is 4. The predicted octanol–water partition coefficient (Wildman–Crippen LogP) is -0.0773. The number of unbranched alkanes of at least 4 members (excludes halogenated alkanes) is 9. The Balaban J connectivity index is -0.000000250. The number of aliphatic carboxylic acids is 2. The molecule has 0 aliphatic heterocycles. The fourth-order valence-corrected chi connectivity index (χ4v) is 1.95. The molecule has 0 fully saturated rings. The first-order valence-electron chi connectivity index (χ1n) is 8.19. The standard InChI is InChI=1S/C14H28O3.C2H4O3.Na.H/c1-2-3-4-5-6-7-8-9-10-11-12-13(15)14(16)17;3-1-2(4)5;;/h13,15H,2-12H2,1H3,(H,16,17);3H,1H2,(H,4,5);;/q;;+1;-1. The second kappa shape index (κ2) is 21.9. The summed E-state index contributed by atoms with van der Waals surface area (Å²) in [7, 11) is 0. The zero-order valence-electron chi connectivity index (χ0n) is 15.7. The molecular weight excluding hydrogens is 311 g/mol. The molecule has 1 atom stereocenters. The molecule has 0 bridgehead atoms. The molecule has 0 radical (unpaired) electrons. The largest absolute Gasteiger partial charge is 1.00 e. The van der Waals surface area contributed by atoms with E-state index in [4.69, 9.17) is 25.2 Å². The topological polar surface area (TPSA) is 115 Å². The fraction of sp³-hybridized carbons (Fsp3) is 0.875. The monoisotopic (exact) mass is 344 g/mol. The van der Waals surface area contributed by atoms with E-state index < -0.39 is 24.6 Å². The summed E-state index contributed by atoms with van der Waals surface area (Å²) in [5.74, 6) is -2.29. The Morgan fingerprint density at radius 3 is 1.52 bits per heavy atom. The van der Waals surface area contributed by atoms with E-state index in [1.165, 1.54) is 51.4 Å². The summed E-state index contributed by atoms with van der Waals surface area (Å²) in [6.07, 6.45) is 11.5. The van der Waals surface area contributed by atoms with Gasteiger partial charge in [-0.1, -0.05) is 71.1 Å². The first-order chi connectivity index (χ1) is 10.5. The van der Waals surface area contributed by atoms with Crippen LogP contribution in [0.15, 0.2) is 0 Å². The van der Waals surface area contributed by atoms with Crippen LogP contribution in [0.4, 0.5) is 0 Å². The minimum absolute atomic E-state index is 0. The van der Waals surface area contributed by atoms with Gasteiger partial charge in [-0.2, -0.15) is 0 Å². The summed E-state index contributed by atoms with van der Waals surface area (Å²) in [6.45, 7) is 1.45. The number of aliphatic hydroxyl groups is 2. The molecule has 0 aromatic rings. The minimum atomic E-state index is -1.19. The van der Waals surface area contributed by atoms with Crippen LogP contribution < -0.4 is 29.6 Å². The molecule has 0 heterocycles. The molecule has 134 valence electrons. The normalized spacial score (nSPS) is 10.9. The molecular formula is C16H33NaO6. The third-order valence-corrected chi connectivity index (χ3v) is 3.25. The molecule has 0 aliphatic rings. The summed E-state index contributed by atoms with van der Waals surface area (Å²) in [5.41, 5.74) is 0. The van der Waals surface area contributed by atoms with E-state index in [1.54, 1.807) is 0 Å². The van der Waals surface area contributed by atoms with Crippen LogP contribution in [-0.2, 0) is 9.59 Å². The molecule has 0 aromatic carbocycles. The minimum Gasteiger partial charge on any atom is -1.00 e. The van der Waals surface area contributed by atoms with Crippen LogP contribution >= 0.6 is 0 Å². The van der Waals surface area contributed by atoms with Gasteiger partial charge in [-0.25, -0.2) is 9.59 Å². The van der Waals surface area contributed by atoms with Crippen molar-refractivity contribution in [2.24, 2.45) is 0 Å². The molecule has 4 N–H and O–H groups in total. The Bertz CT molecular complexity index is 279. The van der Waals surface area contributed by atoms with Gasteiger partial charge in [-0.3, -0.25) is 0 Å². The first kappa shape index (κ1) is 27.7. The molecule has 0 saturated heterocycles. The number of carboxylic acids is 2. The second-order valence-electron chi connectivity index (χ2n) is 5.38. The SMILES string of the molecule is CCCCCCCCCCCCC(O)C(=O)O.O=C(O)CO.[H-].[Na+]. The van der Waals surface area contributed by atoms with Crippen molar-refractivity contribution < 1.29 is 61.0 Å². The molecule has 0 rings (SSSR count). The van der Waals surface area contributed by atoms with Gasteiger partial charge in [0.2, 0.25) is 0 Å². The molecule has 1 unspecified atom stereocenters. The van der Waals surface area contributed by atoms with E-state index >= 15 is 0 Å². The Kier molecular flexibility index (Phi) is 26.3. The van der Waals surface area contributed by atoms with Gasteiger partial charge in [0.25, 0.3) is 0 Å². The number of carboxylic acid groups (broad SMARTS) is 2. The van der Waals surface area contributed by atoms with Crippen molar-refractivity contribution in [1.82, 2.24) is 0 Å². The van der Waals surface area contributed by atoms with E-state index in [0.29, 0.717) is 6.42 Å². The van der Waals surface area contributed by atoms with Crippen molar-refractivity contribution >= 4 is 11.9 Å². The number of carbonyl (C=O) groups is 2. The molecule has 0 aliphatic carbocycles.